The molecule has 0 spiro atoms. The van der Waals surface area contributed by atoms with E-state index in [1.165, 1.54) is 42.4 Å². The highest BCUT2D eigenvalue weighted by Gasteiger charge is 2.35. The summed E-state index contributed by atoms with van der Waals surface area (Å²) in [6.07, 6.45) is 8.21. The molecule has 1 aliphatic carbocycles. The lowest BCUT2D eigenvalue weighted by atomic mass is 9.67. The van der Waals surface area contributed by atoms with E-state index in [2.05, 4.69) is 45.0 Å². The lowest BCUT2D eigenvalue weighted by Gasteiger charge is -2.35. The van der Waals surface area contributed by atoms with Gasteiger partial charge in [0.1, 0.15) is 0 Å². The smallest absolute Gasteiger partial charge is 0.0693 e. The van der Waals surface area contributed by atoms with Gasteiger partial charge in [0.05, 0.1) is 11.5 Å². The molecule has 0 heterocycles. The van der Waals surface area contributed by atoms with Crippen molar-refractivity contribution < 1.29 is 0 Å². The highest BCUT2D eigenvalue weighted by atomic mass is 14.4. The predicted octanol–water partition coefficient (Wildman–Crippen LogP) is 5.35. The highest BCUT2D eigenvalue weighted by molar-refractivity contribution is 5.32. The Balaban J connectivity index is 2.10. The first-order valence-corrected chi connectivity index (χ1v) is 8.06. The first-order valence-electron chi connectivity index (χ1n) is 8.06. The molecule has 1 aromatic carbocycles. The van der Waals surface area contributed by atoms with E-state index >= 15 is 0 Å². The molecule has 0 amide bonds. The van der Waals surface area contributed by atoms with Gasteiger partial charge in [0.25, 0.3) is 0 Å². The van der Waals surface area contributed by atoms with Crippen LogP contribution >= 0.6 is 0 Å². The average Bonchev–Trinajstić information content (AvgIpc) is 2.45. The molecule has 0 aromatic heterocycles. The van der Waals surface area contributed by atoms with Crippen LogP contribution in [0.5, 0.6) is 0 Å². The summed E-state index contributed by atoms with van der Waals surface area (Å²) in [4.78, 5) is 0. The van der Waals surface area contributed by atoms with E-state index in [-0.39, 0.29) is 5.41 Å². The maximum atomic E-state index is 9.73. The number of nitriles is 1. The molecule has 20 heavy (non-hydrogen) atoms. The van der Waals surface area contributed by atoms with Crippen molar-refractivity contribution in [2.75, 3.05) is 0 Å². The van der Waals surface area contributed by atoms with Gasteiger partial charge in [-0.05, 0) is 63.0 Å². The Morgan fingerprint density at radius 3 is 2.55 bits per heavy atom. The fraction of sp³-hybridized carbons (Fsp3) is 0.632. The average molecular weight is 269 g/mol. The van der Waals surface area contributed by atoms with Gasteiger partial charge in [0.15, 0.2) is 0 Å². The van der Waals surface area contributed by atoms with Crippen LogP contribution in [0, 0.1) is 36.5 Å². The number of nitrogens with zero attached hydrogens (tertiary/aromatic N) is 1. The second-order valence-electron chi connectivity index (χ2n) is 6.73. The van der Waals surface area contributed by atoms with Gasteiger partial charge < -0.3 is 0 Å². The normalized spacial score (nSPS) is 26.2. The first-order chi connectivity index (χ1) is 9.58. The molecular weight excluding hydrogens is 242 g/mol. The summed E-state index contributed by atoms with van der Waals surface area (Å²) in [6, 6.07) is 9.30. The Morgan fingerprint density at radius 1 is 1.25 bits per heavy atom. The minimum absolute atomic E-state index is 0.108. The van der Waals surface area contributed by atoms with Crippen LogP contribution in [0.2, 0.25) is 0 Å². The van der Waals surface area contributed by atoms with E-state index in [0.29, 0.717) is 0 Å². The molecule has 0 radical (unpaired) electrons. The summed E-state index contributed by atoms with van der Waals surface area (Å²) in [6.45, 7) is 6.57. The zero-order valence-electron chi connectivity index (χ0n) is 13.2. The molecule has 108 valence electrons. The lowest BCUT2D eigenvalue weighted by Crippen LogP contribution is -2.28. The molecule has 0 unspecified atom stereocenters. The maximum Gasteiger partial charge on any atom is 0.0693 e. The van der Waals surface area contributed by atoms with E-state index < -0.39 is 0 Å². The van der Waals surface area contributed by atoms with E-state index in [1.807, 2.05) is 0 Å². The van der Waals surface area contributed by atoms with Gasteiger partial charge in [-0.3, -0.25) is 0 Å². The van der Waals surface area contributed by atoms with Crippen LogP contribution in [-0.2, 0) is 6.42 Å². The summed E-state index contributed by atoms with van der Waals surface area (Å²) in [5.74, 6) is 0.861. The zero-order chi connectivity index (χ0) is 14.6. The van der Waals surface area contributed by atoms with E-state index in [9.17, 15) is 5.26 Å². The first kappa shape index (κ1) is 15.1. The van der Waals surface area contributed by atoms with Crippen LogP contribution in [-0.4, -0.2) is 0 Å². The number of hydrogen-bond donors (Lipinski definition) is 0. The minimum atomic E-state index is -0.108. The van der Waals surface area contributed by atoms with Crippen LogP contribution in [0.4, 0.5) is 0 Å². The third-order valence-electron chi connectivity index (χ3n) is 5.03. The summed E-state index contributed by atoms with van der Waals surface area (Å²) in [7, 11) is 0. The van der Waals surface area contributed by atoms with Gasteiger partial charge in [0.2, 0.25) is 0 Å². The highest BCUT2D eigenvalue weighted by Crippen LogP contribution is 2.42. The Labute approximate surface area is 124 Å². The van der Waals surface area contributed by atoms with Crippen molar-refractivity contribution in [2.45, 2.75) is 65.7 Å². The van der Waals surface area contributed by atoms with Crippen molar-refractivity contribution >= 4 is 0 Å². The zero-order valence-corrected chi connectivity index (χ0v) is 13.2. The van der Waals surface area contributed by atoms with Crippen LogP contribution in [0.1, 0.15) is 62.1 Å². The van der Waals surface area contributed by atoms with E-state index in [4.69, 9.17) is 0 Å². The van der Waals surface area contributed by atoms with Crippen LogP contribution in [0.15, 0.2) is 18.2 Å². The van der Waals surface area contributed by atoms with Crippen molar-refractivity contribution in [1.82, 2.24) is 0 Å². The lowest BCUT2D eigenvalue weighted by molar-refractivity contribution is 0.200. The van der Waals surface area contributed by atoms with Crippen molar-refractivity contribution in [3.05, 3.63) is 34.9 Å². The van der Waals surface area contributed by atoms with Gasteiger partial charge in [-0.1, -0.05) is 43.5 Å². The molecule has 2 rings (SSSR count). The second kappa shape index (κ2) is 6.44. The van der Waals surface area contributed by atoms with Crippen molar-refractivity contribution in [3.8, 4) is 6.07 Å². The molecule has 0 N–H and O–H groups in total. The Hall–Kier alpha value is -1.29. The van der Waals surface area contributed by atoms with Gasteiger partial charge in [-0.15, -0.1) is 0 Å². The van der Waals surface area contributed by atoms with Gasteiger partial charge >= 0.3 is 0 Å². The summed E-state index contributed by atoms with van der Waals surface area (Å²) in [5, 5.41) is 9.73. The molecule has 1 aromatic rings. The second-order valence-corrected chi connectivity index (χ2v) is 6.73. The molecule has 1 fully saturated rings. The molecule has 0 atom stereocenters. The van der Waals surface area contributed by atoms with Gasteiger partial charge in [0, 0.05) is 0 Å². The van der Waals surface area contributed by atoms with Crippen LogP contribution < -0.4 is 0 Å². The van der Waals surface area contributed by atoms with Gasteiger partial charge in [-0.2, -0.15) is 5.26 Å². The molecule has 1 saturated carbocycles. The number of rotatable bonds is 4. The van der Waals surface area contributed by atoms with Crippen LogP contribution in [0.25, 0.3) is 0 Å². The Kier molecular flexibility index (Phi) is 4.86. The molecular formula is C19H27N. The maximum absolute atomic E-state index is 9.73. The third-order valence-corrected chi connectivity index (χ3v) is 5.03. The molecule has 1 heteroatoms. The largest absolute Gasteiger partial charge is 0.198 e. The van der Waals surface area contributed by atoms with E-state index in [1.54, 1.807) is 0 Å². The van der Waals surface area contributed by atoms with Crippen molar-refractivity contribution in [2.24, 2.45) is 11.3 Å². The topological polar surface area (TPSA) is 23.8 Å². The fourth-order valence-electron chi connectivity index (χ4n) is 3.61. The monoisotopic (exact) mass is 269 g/mol. The molecule has 1 aliphatic rings. The summed E-state index contributed by atoms with van der Waals surface area (Å²) < 4.78 is 0. The molecule has 0 saturated heterocycles. The Bertz CT molecular complexity index is 487. The van der Waals surface area contributed by atoms with Crippen LogP contribution in [0.3, 0.4) is 0 Å². The fourth-order valence-corrected chi connectivity index (χ4v) is 3.61. The van der Waals surface area contributed by atoms with Gasteiger partial charge in [-0.25, -0.2) is 0 Å². The minimum Gasteiger partial charge on any atom is -0.198 e. The number of benzene rings is 1. The predicted molar refractivity (Wildman–Crippen MR) is 84.5 cm³/mol. The SMILES string of the molecule is CCCC1CCC(C#N)(Cc2cc(C)ccc2C)CC1. The number of hydrogen-bond acceptors (Lipinski definition) is 1. The molecule has 0 bridgehead atoms. The molecule has 1 nitrogen and oxygen atoms in total. The standard InChI is InChI=1S/C19H27N/c1-4-5-17-8-10-19(14-20,11-9-17)13-18-12-15(2)6-7-16(18)3/h6-7,12,17H,4-5,8-11,13H2,1-3H3. The number of aryl methyl sites for hydroxylation is 2. The summed E-state index contributed by atoms with van der Waals surface area (Å²) in [5.41, 5.74) is 3.91. The third kappa shape index (κ3) is 3.42. The molecule has 0 aliphatic heterocycles. The quantitative estimate of drug-likeness (QED) is 0.723. The van der Waals surface area contributed by atoms with E-state index in [0.717, 1.165) is 25.2 Å². The Morgan fingerprint density at radius 2 is 1.95 bits per heavy atom. The van der Waals surface area contributed by atoms with Crippen molar-refractivity contribution in [1.29, 1.82) is 5.26 Å². The summed E-state index contributed by atoms with van der Waals surface area (Å²) >= 11 is 0. The van der Waals surface area contributed by atoms with Crippen molar-refractivity contribution in [3.63, 3.8) is 0 Å².